The summed E-state index contributed by atoms with van der Waals surface area (Å²) in [6.07, 6.45) is 0. The Morgan fingerprint density at radius 2 is 2.25 bits per heavy atom. The van der Waals surface area contributed by atoms with Crippen molar-refractivity contribution in [2.45, 2.75) is 13.5 Å². The first kappa shape index (κ1) is 9.36. The molecule has 0 spiro atoms. The van der Waals surface area contributed by atoms with Crippen LogP contribution in [0.5, 0.6) is 0 Å². The molecule has 0 amide bonds. The predicted octanol–water partition coefficient (Wildman–Crippen LogP) is 2.23. The lowest BCUT2D eigenvalue weighted by atomic mass is 10.2. The van der Waals surface area contributed by atoms with Crippen molar-refractivity contribution in [3.8, 4) is 0 Å². The highest BCUT2D eigenvalue weighted by Crippen LogP contribution is 2.20. The Labute approximate surface area is 77.7 Å². The van der Waals surface area contributed by atoms with Crippen LogP contribution in [0.1, 0.15) is 12.5 Å². The first-order chi connectivity index (χ1) is 5.77. The Morgan fingerprint density at radius 3 is 2.75 bits per heavy atom. The molecule has 0 aliphatic carbocycles. The molecule has 3 heteroatoms. The number of benzene rings is 1. The van der Waals surface area contributed by atoms with Crippen molar-refractivity contribution in [3.63, 3.8) is 0 Å². The van der Waals surface area contributed by atoms with Gasteiger partial charge >= 0.3 is 0 Å². The summed E-state index contributed by atoms with van der Waals surface area (Å²) in [6, 6.07) is 5.82. The van der Waals surface area contributed by atoms with Gasteiger partial charge in [0.1, 0.15) is 0 Å². The van der Waals surface area contributed by atoms with E-state index in [0.717, 1.165) is 22.8 Å². The zero-order valence-electron chi connectivity index (χ0n) is 7.10. The van der Waals surface area contributed by atoms with Gasteiger partial charge in [-0.3, -0.25) is 0 Å². The summed E-state index contributed by atoms with van der Waals surface area (Å²) >= 11 is 5.95. The van der Waals surface area contributed by atoms with Crippen LogP contribution in [0.25, 0.3) is 0 Å². The minimum atomic E-state index is 0.491. The van der Waals surface area contributed by atoms with Gasteiger partial charge in [0.2, 0.25) is 0 Å². The fourth-order valence-corrected chi connectivity index (χ4v) is 1.28. The number of rotatable bonds is 3. The third-order valence-electron chi connectivity index (χ3n) is 1.65. The molecular formula is C9H13ClN2. The van der Waals surface area contributed by atoms with Gasteiger partial charge in [-0.05, 0) is 24.6 Å². The number of hydrogen-bond donors (Lipinski definition) is 2. The van der Waals surface area contributed by atoms with Crippen LogP contribution in [0.4, 0.5) is 5.69 Å². The highest BCUT2D eigenvalue weighted by atomic mass is 35.5. The lowest BCUT2D eigenvalue weighted by Crippen LogP contribution is -2.00. The van der Waals surface area contributed by atoms with E-state index in [1.807, 2.05) is 25.1 Å². The maximum Gasteiger partial charge on any atom is 0.0471 e. The fourth-order valence-electron chi connectivity index (χ4n) is 1.03. The summed E-state index contributed by atoms with van der Waals surface area (Å²) in [6.45, 7) is 3.44. The van der Waals surface area contributed by atoms with Crippen molar-refractivity contribution in [2.24, 2.45) is 5.73 Å². The molecule has 0 heterocycles. The highest BCUT2D eigenvalue weighted by Gasteiger charge is 1.98. The van der Waals surface area contributed by atoms with Gasteiger partial charge < -0.3 is 11.1 Å². The minimum Gasteiger partial charge on any atom is -0.385 e. The highest BCUT2D eigenvalue weighted by molar-refractivity contribution is 6.31. The van der Waals surface area contributed by atoms with E-state index in [1.165, 1.54) is 0 Å². The third kappa shape index (κ3) is 2.13. The smallest absolute Gasteiger partial charge is 0.0471 e. The van der Waals surface area contributed by atoms with Crippen molar-refractivity contribution in [1.82, 2.24) is 0 Å². The number of anilines is 1. The van der Waals surface area contributed by atoms with Crippen molar-refractivity contribution >= 4 is 17.3 Å². The quantitative estimate of drug-likeness (QED) is 0.756. The molecular weight excluding hydrogens is 172 g/mol. The maximum absolute atomic E-state index is 5.95. The lowest BCUT2D eigenvalue weighted by Gasteiger charge is -2.05. The zero-order valence-corrected chi connectivity index (χ0v) is 7.86. The summed E-state index contributed by atoms with van der Waals surface area (Å²) in [5.41, 5.74) is 7.50. The number of nitrogens with one attached hydrogen (secondary N) is 1. The van der Waals surface area contributed by atoms with Crippen LogP contribution in [0.2, 0.25) is 5.02 Å². The molecule has 66 valence electrons. The average molecular weight is 185 g/mol. The monoisotopic (exact) mass is 184 g/mol. The largest absolute Gasteiger partial charge is 0.385 e. The molecule has 1 rings (SSSR count). The summed E-state index contributed by atoms with van der Waals surface area (Å²) < 4.78 is 0. The molecule has 12 heavy (non-hydrogen) atoms. The Morgan fingerprint density at radius 1 is 1.50 bits per heavy atom. The lowest BCUT2D eigenvalue weighted by molar-refractivity contribution is 1.07. The topological polar surface area (TPSA) is 38.0 Å². The van der Waals surface area contributed by atoms with Crippen LogP contribution in [-0.2, 0) is 6.54 Å². The summed E-state index contributed by atoms with van der Waals surface area (Å²) in [5.74, 6) is 0. The van der Waals surface area contributed by atoms with Gasteiger partial charge in [0.25, 0.3) is 0 Å². The summed E-state index contributed by atoms with van der Waals surface area (Å²) in [5, 5.41) is 3.91. The Balaban J connectivity index is 2.86. The number of hydrogen-bond acceptors (Lipinski definition) is 2. The first-order valence-corrected chi connectivity index (χ1v) is 4.38. The Bertz CT molecular complexity index is 261. The predicted molar refractivity (Wildman–Crippen MR) is 53.5 cm³/mol. The van der Waals surface area contributed by atoms with Crippen LogP contribution < -0.4 is 11.1 Å². The van der Waals surface area contributed by atoms with E-state index in [0.29, 0.717) is 6.54 Å². The van der Waals surface area contributed by atoms with E-state index in [-0.39, 0.29) is 0 Å². The van der Waals surface area contributed by atoms with Crippen LogP contribution >= 0.6 is 11.6 Å². The molecule has 0 unspecified atom stereocenters. The minimum absolute atomic E-state index is 0.491. The average Bonchev–Trinajstić information content (AvgIpc) is 2.05. The molecule has 0 bridgehead atoms. The second-order valence-electron chi connectivity index (χ2n) is 2.54. The van der Waals surface area contributed by atoms with Crippen LogP contribution in [0, 0.1) is 0 Å². The Kier molecular flexibility index (Phi) is 3.38. The molecule has 0 fully saturated rings. The van der Waals surface area contributed by atoms with Crippen LogP contribution in [-0.4, -0.2) is 6.54 Å². The maximum atomic E-state index is 5.95. The zero-order chi connectivity index (χ0) is 8.97. The number of halogens is 1. The molecule has 0 radical (unpaired) electrons. The van der Waals surface area contributed by atoms with Crippen LogP contribution in [0.15, 0.2) is 18.2 Å². The molecule has 0 saturated heterocycles. The van der Waals surface area contributed by atoms with Gasteiger partial charge in [0.15, 0.2) is 0 Å². The van der Waals surface area contributed by atoms with Gasteiger partial charge in [-0.2, -0.15) is 0 Å². The Hall–Kier alpha value is -0.730. The summed E-state index contributed by atoms with van der Waals surface area (Å²) in [4.78, 5) is 0. The van der Waals surface area contributed by atoms with Crippen molar-refractivity contribution < 1.29 is 0 Å². The SMILES string of the molecule is CCNc1ccc(CN)c(Cl)c1. The van der Waals surface area contributed by atoms with Gasteiger partial charge in [-0.1, -0.05) is 17.7 Å². The molecule has 1 aromatic carbocycles. The number of nitrogens with two attached hydrogens (primary N) is 1. The first-order valence-electron chi connectivity index (χ1n) is 4.00. The second kappa shape index (κ2) is 4.33. The van der Waals surface area contributed by atoms with Gasteiger partial charge in [-0.25, -0.2) is 0 Å². The molecule has 1 aromatic rings. The molecule has 0 aliphatic rings. The molecule has 2 nitrogen and oxygen atoms in total. The van der Waals surface area contributed by atoms with Crippen molar-refractivity contribution in [2.75, 3.05) is 11.9 Å². The normalized spacial score (nSPS) is 9.92. The molecule has 0 atom stereocenters. The van der Waals surface area contributed by atoms with E-state index < -0.39 is 0 Å². The van der Waals surface area contributed by atoms with E-state index in [2.05, 4.69) is 5.32 Å². The third-order valence-corrected chi connectivity index (χ3v) is 2.01. The van der Waals surface area contributed by atoms with Crippen LogP contribution in [0.3, 0.4) is 0 Å². The molecule has 0 saturated carbocycles. The van der Waals surface area contributed by atoms with Gasteiger partial charge in [0.05, 0.1) is 0 Å². The van der Waals surface area contributed by atoms with Crippen molar-refractivity contribution in [1.29, 1.82) is 0 Å². The molecule has 0 aromatic heterocycles. The van der Waals surface area contributed by atoms with Crippen molar-refractivity contribution in [3.05, 3.63) is 28.8 Å². The van der Waals surface area contributed by atoms with E-state index in [4.69, 9.17) is 17.3 Å². The summed E-state index contributed by atoms with van der Waals surface area (Å²) in [7, 11) is 0. The van der Waals surface area contributed by atoms with E-state index in [1.54, 1.807) is 0 Å². The van der Waals surface area contributed by atoms with Gasteiger partial charge in [0, 0.05) is 23.8 Å². The van der Waals surface area contributed by atoms with E-state index >= 15 is 0 Å². The second-order valence-corrected chi connectivity index (χ2v) is 2.95. The standard InChI is InChI=1S/C9H13ClN2/c1-2-12-8-4-3-7(6-11)9(10)5-8/h3-5,12H,2,6,11H2,1H3. The molecule has 0 aliphatic heterocycles. The molecule has 3 N–H and O–H groups in total. The fraction of sp³-hybridized carbons (Fsp3) is 0.333. The van der Waals surface area contributed by atoms with Gasteiger partial charge in [-0.15, -0.1) is 0 Å². The van der Waals surface area contributed by atoms with E-state index in [9.17, 15) is 0 Å².